The molecule has 1 aliphatic carbocycles. The van der Waals surface area contributed by atoms with Crippen molar-refractivity contribution < 1.29 is 42.1 Å². The highest BCUT2D eigenvalue weighted by Crippen LogP contribution is 2.39. The number of ketones is 2. The molecule has 0 heterocycles. The Hall–Kier alpha value is -2.95. The normalized spacial score (nSPS) is 13.4. The minimum atomic E-state index is -4.91. The van der Waals surface area contributed by atoms with Gasteiger partial charge in [-0.2, -0.15) is 8.42 Å². The quantitative estimate of drug-likeness (QED) is 0.485. The number of aromatic hydroxyl groups is 2. The number of carbonyl (C=O) groups excluding carboxylic acids is 2. The first-order chi connectivity index (χ1) is 11.6. The van der Waals surface area contributed by atoms with Crippen LogP contribution in [-0.2, 0) is 17.0 Å². The Labute approximate surface area is 140 Å². The Bertz CT molecular complexity index is 1040. The Morgan fingerprint density at radius 2 is 1.44 bits per heavy atom. The molecule has 0 fully saturated rings. The molecular formula is C15H10O9S. The number of fused-ring (bicyclic) bond motifs is 2. The molecular weight excluding hydrogens is 356 g/mol. The summed E-state index contributed by atoms with van der Waals surface area (Å²) in [5.74, 6) is -3.53. The molecule has 25 heavy (non-hydrogen) atoms. The summed E-state index contributed by atoms with van der Waals surface area (Å²) in [6.45, 7) is -0.494. The first-order valence-electron chi connectivity index (χ1n) is 6.72. The standard InChI is InChI=1S/C15H10O9S/c16-5-6-1-8-12(10(17)2-6)15(20)13-9(14(8)19)3-7(4-11(13)18)24-25(21,22)23/h1-4,16-18H,5H2,(H,21,22,23). The molecule has 0 atom stereocenters. The fourth-order valence-corrected chi connectivity index (χ4v) is 2.99. The molecule has 0 saturated carbocycles. The zero-order valence-corrected chi connectivity index (χ0v) is 13.1. The molecule has 2 aromatic rings. The van der Waals surface area contributed by atoms with Crippen molar-refractivity contribution in [3.8, 4) is 17.2 Å². The summed E-state index contributed by atoms with van der Waals surface area (Å²) in [6, 6.07) is 3.92. The SMILES string of the molecule is O=C1c2cc(CO)cc(O)c2C(=O)c2c(O)cc(OS(=O)(=O)O)cc21. The average Bonchev–Trinajstić information content (AvgIpc) is 2.49. The second-order valence-electron chi connectivity index (χ2n) is 5.23. The second kappa shape index (κ2) is 5.55. The molecule has 0 spiro atoms. The van der Waals surface area contributed by atoms with E-state index in [2.05, 4.69) is 4.18 Å². The van der Waals surface area contributed by atoms with Gasteiger partial charge in [-0.15, -0.1) is 0 Å². The number of phenols is 2. The lowest BCUT2D eigenvalue weighted by atomic mass is 9.82. The third-order valence-corrected chi connectivity index (χ3v) is 4.00. The molecule has 0 radical (unpaired) electrons. The van der Waals surface area contributed by atoms with Crippen molar-refractivity contribution in [1.82, 2.24) is 0 Å². The van der Waals surface area contributed by atoms with Crippen molar-refractivity contribution in [1.29, 1.82) is 0 Å². The van der Waals surface area contributed by atoms with E-state index in [0.29, 0.717) is 0 Å². The third kappa shape index (κ3) is 2.82. The molecule has 10 heteroatoms. The van der Waals surface area contributed by atoms with E-state index in [4.69, 9.17) is 9.66 Å². The van der Waals surface area contributed by atoms with E-state index >= 15 is 0 Å². The monoisotopic (exact) mass is 366 g/mol. The van der Waals surface area contributed by atoms with Crippen LogP contribution < -0.4 is 4.18 Å². The molecule has 9 nitrogen and oxygen atoms in total. The van der Waals surface area contributed by atoms with E-state index in [1.54, 1.807) is 0 Å². The first kappa shape index (κ1) is 16.9. The molecule has 130 valence electrons. The van der Waals surface area contributed by atoms with Gasteiger partial charge in [-0.25, -0.2) is 0 Å². The van der Waals surface area contributed by atoms with Gasteiger partial charge >= 0.3 is 10.4 Å². The topological polar surface area (TPSA) is 158 Å². The Morgan fingerprint density at radius 3 is 2.00 bits per heavy atom. The van der Waals surface area contributed by atoms with Crippen molar-refractivity contribution in [2.75, 3.05) is 0 Å². The van der Waals surface area contributed by atoms with Crippen LogP contribution in [0.1, 0.15) is 37.4 Å². The molecule has 0 aromatic heterocycles. The van der Waals surface area contributed by atoms with Crippen LogP contribution in [0.5, 0.6) is 17.2 Å². The molecule has 0 aliphatic heterocycles. The predicted octanol–water partition coefficient (Wildman–Crippen LogP) is 0.547. The molecule has 0 unspecified atom stereocenters. The third-order valence-electron chi connectivity index (χ3n) is 3.60. The summed E-state index contributed by atoms with van der Waals surface area (Å²) >= 11 is 0. The van der Waals surface area contributed by atoms with Crippen LogP contribution in [-0.4, -0.2) is 39.9 Å². The van der Waals surface area contributed by atoms with Crippen LogP contribution in [0.3, 0.4) is 0 Å². The summed E-state index contributed by atoms with van der Waals surface area (Å²) in [5, 5.41) is 29.1. The smallest absolute Gasteiger partial charge is 0.446 e. The van der Waals surface area contributed by atoms with E-state index in [-0.39, 0.29) is 22.3 Å². The number of rotatable bonds is 3. The van der Waals surface area contributed by atoms with Crippen LogP contribution in [0, 0.1) is 0 Å². The highest BCUT2D eigenvalue weighted by Gasteiger charge is 2.35. The van der Waals surface area contributed by atoms with E-state index in [9.17, 15) is 28.2 Å². The highest BCUT2D eigenvalue weighted by molar-refractivity contribution is 7.81. The van der Waals surface area contributed by atoms with Gasteiger partial charge in [-0.1, -0.05) is 0 Å². The van der Waals surface area contributed by atoms with Crippen LogP contribution in [0.25, 0.3) is 0 Å². The van der Waals surface area contributed by atoms with E-state index in [1.165, 1.54) is 6.07 Å². The lowest BCUT2D eigenvalue weighted by molar-refractivity contribution is 0.0973. The summed E-state index contributed by atoms with van der Waals surface area (Å²) < 4.78 is 34.5. The van der Waals surface area contributed by atoms with Gasteiger partial charge in [-0.05, 0) is 23.8 Å². The van der Waals surface area contributed by atoms with Crippen molar-refractivity contribution in [2.45, 2.75) is 6.61 Å². The molecule has 1 aliphatic rings. The van der Waals surface area contributed by atoms with Crippen LogP contribution in [0.4, 0.5) is 0 Å². The fraction of sp³-hybridized carbons (Fsp3) is 0.0667. The molecule has 0 bridgehead atoms. The van der Waals surface area contributed by atoms with E-state index in [0.717, 1.165) is 18.2 Å². The predicted molar refractivity (Wildman–Crippen MR) is 81.2 cm³/mol. The minimum Gasteiger partial charge on any atom is -0.507 e. The minimum absolute atomic E-state index is 0.176. The van der Waals surface area contributed by atoms with Crippen molar-refractivity contribution >= 4 is 22.0 Å². The number of hydrogen-bond donors (Lipinski definition) is 4. The van der Waals surface area contributed by atoms with Gasteiger partial charge in [-0.3, -0.25) is 14.1 Å². The van der Waals surface area contributed by atoms with Gasteiger partial charge in [0.05, 0.1) is 17.7 Å². The van der Waals surface area contributed by atoms with Crippen LogP contribution in [0.2, 0.25) is 0 Å². The molecule has 0 saturated heterocycles. The van der Waals surface area contributed by atoms with Crippen molar-refractivity contribution in [3.63, 3.8) is 0 Å². The maximum atomic E-state index is 12.6. The van der Waals surface area contributed by atoms with Gasteiger partial charge in [0.25, 0.3) is 0 Å². The Kier molecular flexibility index (Phi) is 3.75. The van der Waals surface area contributed by atoms with E-state index < -0.39 is 51.4 Å². The van der Waals surface area contributed by atoms with Crippen molar-refractivity contribution in [3.05, 3.63) is 52.1 Å². The second-order valence-corrected chi connectivity index (χ2v) is 6.25. The summed E-state index contributed by atoms with van der Waals surface area (Å²) in [5.41, 5.74) is -1.19. The Morgan fingerprint density at radius 1 is 0.880 bits per heavy atom. The van der Waals surface area contributed by atoms with Crippen LogP contribution >= 0.6 is 0 Å². The van der Waals surface area contributed by atoms with Gasteiger partial charge in [0.15, 0.2) is 5.78 Å². The Balaban J connectivity index is 2.25. The van der Waals surface area contributed by atoms with Gasteiger partial charge in [0, 0.05) is 17.2 Å². The van der Waals surface area contributed by atoms with E-state index in [1.807, 2.05) is 0 Å². The summed E-state index contributed by atoms with van der Waals surface area (Å²) in [4.78, 5) is 25.2. The molecule has 2 aromatic carbocycles. The maximum Gasteiger partial charge on any atom is 0.446 e. The summed E-state index contributed by atoms with van der Waals surface area (Å²) in [6.07, 6.45) is 0. The number of aliphatic hydroxyl groups is 1. The van der Waals surface area contributed by atoms with Crippen molar-refractivity contribution in [2.24, 2.45) is 0 Å². The summed E-state index contributed by atoms with van der Waals surface area (Å²) in [7, 11) is -4.91. The van der Waals surface area contributed by atoms with Crippen LogP contribution in [0.15, 0.2) is 24.3 Å². The molecule has 4 N–H and O–H groups in total. The average molecular weight is 366 g/mol. The number of hydrogen-bond acceptors (Lipinski definition) is 8. The molecule has 3 rings (SSSR count). The van der Waals surface area contributed by atoms with Gasteiger partial charge in [0.2, 0.25) is 5.78 Å². The highest BCUT2D eigenvalue weighted by atomic mass is 32.3. The first-order valence-corrected chi connectivity index (χ1v) is 8.09. The number of benzene rings is 2. The van der Waals surface area contributed by atoms with Gasteiger partial charge < -0.3 is 19.5 Å². The maximum absolute atomic E-state index is 12.6. The number of aliphatic hydroxyl groups excluding tert-OH is 1. The largest absolute Gasteiger partial charge is 0.507 e. The van der Waals surface area contributed by atoms with Gasteiger partial charge in [0.1, 0.15) is 17.2 Å². The lowest BCUT2D eigenvalue weighted by Crippen LogP contribution is -2.22. The zero-order valence-electron chi connectivity index (χ0n) is 12.3. The fourth-order valence-electron chi connectivity index (χ4n) is 2.65. The number of phenolic OH excluding ortho intramolecular Hbond substituents is 2. The molecule has 0 amide bonds. The lowest BCUT2D eigenvalue weighted by Gasteiger charge is -2.20. The number of carbonyl (C=O) groups is 2. The zero-order chi connectivity index (χ0) is 18.5.